The number of hydrogen-bond donors (Lipinski definition) is 0. The van der Waals surface area contributed by atoms with E-state index in [0.29, 0.717) is 0 Å². The molecule has 3 aromatic heterocycles. The molecule has 0 aliphatic carbocycles. The molecule has 0 saturated carbocycles. The fourth-order valence-electron chi connectivity index (χ4n) is 4.54. The zero-order valence-corrected chi connectivity index (χ0v) is 21.4. The number of para-hydroxylation sites is 2. The van der Waals surface area contributed by atoms with Gasteiger partial charge in [0.15, 0.2) is 0 Å². The van der Waals surface area contributed by atoms with E-state index in [0.717, 1.165) is 55.7 Å². The Balaban J connectivity index is 1.68. The Hall–Kier alpha value is -3.38. The first kappa shape index (κ1) is 20.2. The van der Waals surface area contributed by atoms with E-state index in [1.807, 2.05) is 19.2 Å². The summed E-state index contributed by atoms with van der Waals surface area (Å²) in [6.07, 6.45) is 1.86. The molecule has 0 N–H and O–H groups in total. The van der Waals surface area contributed by atoms with Gasteiger partial charge in [-0.2, -0.15) is 0 Å². The third-order valence-corrected chi connectivity index (χ3v) is 10.6. The summed E-state index contributed by atoms with van der Waals surface area (Å²) in [5.41, 5.74) is 6.76. The Morgan fingerprint density at radius 2 is 1.67 bits per heavy atom. The predicted octanol–water partition coefficient (Wildman–Crippen LogP) is 6.84. The van der Waals surface area contributed by atoms with Crippen LogP contribution in [0.5, 0.6) is 0 Å². The standard InChI is InChI=1S/C28H25GeN3O/c1-18-15-25-24(17-30-18)31-28(32(25)20-9-6-5-7-10-20)23-12-8-11-22-21-14-13-19(29(2,3)4)16-26(21)33-27(22)23/h5-17H,1-4H3. The second-order valence-electron chi connectivity index (χ2n) is 9.67. The third kappa shape index (κ3) is 3.28. The van der Waals surface area contributed by atoms with E-state index >= 15 is 0 Å². The van der Waals surface area contributed by atoms with Crippen LogP contribution >= 0.6 is 0 Å². The molecular weight excluding hydrogens is 467 g/mol. The van der Waals surface area contributed by atoms with Gasteiger partial charge in [0.2, 0.25) is 0 Å². The summed E-state index contributed by atoms with van der Waals surface area (Å²) in [5.74, 6) is 8.09. The van der Waals surface area contributed by atoms with Crippen molar-refractivity contribution in [3.63, 3.8) is 0 Å². The molecule has 3 heterocycles. The van der Waals surface area contributed by atoms with Crippen molar-refractivity contribution >= 4 is 50.6 Å². The summed E-state index contributed by atoms with van der Waals surface area (Å²) in [7, 11) is 0. The van der Waals surface area contributed by atoms with Gasteiger partial charge in [0.25, 0.3) is 0 Å². The summed E-state index contributed by atoms with van der Waals surface area (Å²) in [6.45, 7) is 2.01. The molecular formula is C28H25GeN3O. The van der Waals surface area contributed by atoms with Gasteiger partial charge < -0.3 is 0 Å². The molecule has 162 valence electrons. The monoisotopic (exact) mass is 493 g/mol. The number of pyridine rings is 1. The van der Waals surface area contributed by atoms with Crippen LogP contribution in [0.25, 0.3) is 50.0 Å². The Morgan fingerprint density at radius 3 is 2.45 bits per heavy atom. The van der Waals surface area contributed by atoms with E-state index in [4.69, 9.17) is 9.40 Å². The average molecular weight is 492 g/mol. The van der Waals surface area contributed by atoms with E-state index in [1.54, 1.807) is 0 Å². The zero-order chi connectivity index (χ0) is 22.7. The van der Waals surface area contributed by atoms with Crippen molar-refractivity contribution in [3.05, 3.63) is 84.7 Å². The minimum atomic E-state index is -1.97. The first-order valence-corrected chi connectivity index (χ1v) is 18.6. The molecule has 0 fully saturated rings. The van der Waals surface area contributed by atoms with Crippen LogP contribution in [-0.4, -0.2) is 27.8 Å². The Morgan fingerprint density at radius 1 is 0.848 bits per heavy atom. The van der Waals surface area contributed by atoms with Gasteiger partial charge in [-0.1, -0.05) is 0 Å². The van der Waals surface area contributed by atoms with E-state index in [2.05, 4.69) is 93.5 Å². The minimum absolute atomic E-state index is 0.863. The van der Waals surface area contributed by atoms with E-state index in [1.165, 1.54) is 4.40 Å². The summed E-state index contributed by atoms with van der Waals surface area (Å²) >= 11 is -1.97. The first-order chi connectivity index (χ1) is 15.9. The van der Waals surface area contributed by atoms with E-state index in [-0.39, 0.29) is 0 Å². The van der Waals surface area contributed by atoms with E-state index < -0.39 is 13.3 Å². The van der Waals surface area contributed by atoms with Crippen LogP contribution in [0.15, 0.2) is 83.4 Å². The van der Waals surface area contributed by atoms with Crippen LogP contribution in [0.2, 0.25) is 17.3 Å². The zero-order valence-electron chi connectivity index (χ0n) is 19.3. The number of imidazole rings is 1. The Bertz CT molecular complexity index is 1660. The van der Waals surface area contributed by atoms with Crippen LogP contribution in [0.3, 0.4) is 0 Å². The quantitative estimate of drug-likeness (QED) is 0.254. The molecule has 6 aromatic rings. The Labute approximate surface area is 195 Å². The van der Waals surface area contributed by atoms with Gasteiger partial charge in [-0.3, -0.25) is 0 Å². The second kappa shape index (κ2) is 7.32. The van der Waals surface area contributed by atoms with E-state index in [9.17, 15) is 0 Å². The molecule has 5 heteroatoms. The van der Waals surface area contributed by atoms with Crippen molar-refractivity contribution in [2.45, 2.75) is 24.2 Å². The molecule has 0 atom stereocenters. The third-order valence-electron chi connectivity index (χ3n) is 6.30. The topological polar surface area (TPSA) is 43.9 Å². The fraction of sp³-hybridized carbons (Fsp3) is 0.143. The van der Waals surface area contributed by atoms with Crippen LogP contribution in [0, 0.1) is 6.92 Å². The number of benzene rings is 3. The SMILES string of the molecule is Cc1cc2c(cn1)nc(-c1cccc3c1oc1c[c]([Ge]([CH3])([CH3])[CH3])ccc13)n2-c1ccccc1. The number of rotatable bonds is 3. The molecule has 4 nitrogen and oxygen atoms in total. The van der Waals surface area contributed by atoms with Crippen molar-refractivity contribution in [1.82, 2.24) is 14.5 Å². The van der Waals surface area contributed by atoms with Crippen LogP contribution in [-0.2, 0) is 0 Å². The molecule has 3 aromatic carbocycles. The maximum absolute atomic E-state index is 6.55. The van der Waals surface area contributed by atoms with Crippen molar-refractivity contribution < 1.29 is 4.42 Å². The van der Waals surface area contributed by atoms with Crippen molar-refractivity contribution in [2.24, 2.45) is 0 Å². The van der Waals surface area contributed by atoms with Gasteiger partial charge in [-0.05, 0) is 0 Å². The van der Waals surface area contributed by atoms with Gasteiger partial charge in [-0.25, -0.2) is 0 Å². The number of furan rings is 1. The van der Waals surface area contributed by atoms with Gasteiger partial charge in [-0.15, -0.1) is 0 Å². The van der Waals surface area contributed by atoms with Crippen molar-refractivity contribution in [2.75, 3.05) is 0 Å². The summed E-state index contributed by atoms with van der Waals surface area (Å²) in [6, 6.07) is 25.6. The summed E-state index contributed by atoms with van der Waals surface area (Å²) in [5, 5.41) is 2.28. The molecule has 0 aliphatic rings. The molecule has 0 amide bonds. The van der Waals surface area contributed by atoms with Gasteiger partial charge in [0.05, 0.1) is 0 Å². The van der Waals surface area contributed by atoms with Gasteiger partial charge in [0.1, 0.15) is 0 Å². The molecule has 0 spiro atoms. The number of fused-ring (bicyclic) bond motifs is 4. The summed E-state index contributed by atoms with van der Waals surface area (Å²) < 4.78 is 10.2. The molecule has 0 saturated heterocycles. The number of aryl methyl sites for hydroxylation is 1. The van der Waals surface area contributed by atoms with Crippen LogP contribution in [0.1, 0.15) is 5.69 Å². The molecule has 0 unspecified atom stereocenters. The molecule has 0 radical (unpaired) electrons. The van der Waals surface area contributed by atoms with Crippen LogP contribution in [0.4, 0.5) is 0 Å². The molecule has 33 heavy (non-hydrogen) atoms. The normalized spacial score (nSPS) is 12.2. The van der Waals surface area contributed by atoms with Crippen molar-refractivity contribution in [1.29, 1.82) is 0 Å². The number of hydrogen-bond acceptors (Lipinski definition) is 3. The second-order valence-corrected chi connectivity index (χ2v) is 20.3. The first-order valence-electron chi connectivity index (χ1n) is 11.3. The fourth-order valence-corrected chi connectivity index (χ4v) is 6.95. The van der Waals surface area contributed by atoms with Gasteiger partial charge in [0, 0.05) is 0 Å². The Kier molecular flexibility index (Phi) is 4.49. The van der Waals surface area contributed by atoms with Gasteiger partial charge >= 0.3 is 196 Å². The molecule has 6 rings (SSSR count). The predicted molar refractivity (Wildman–Crippen MR) is 139 cm³/mol. The summed E-state index contributed by atoms with van der Waals surface area (Å²) in [4.78, 5) is 9.51. The molecule has 0 aliphatic heterocycles. The maximum atomic E-state index is 6.55. The average Bonchev–Trinajstić information content (AvgIpc) is 3.36. The molecule has 0 bridgehead atoms. The number of aromatic nitrogens is 3. The number of nitrogens with zero attached hydrogens (tertiary/aromatic N) is 3. The van der Waals surface area contributed by atoms with Crippen molar-refractivity contribution in [3.8, 4) is 17.1 Å². The van der Waals surface area contributed by atoms with Crippen LogP contribution < -0.4 is 4.40 Å².